The van der Waals surface area contributed by atoms with Crippen molar-refractivity contribution in [2.75, 3.05) is 20.2 Å². The summed E-state index contributed by atoms with van der Waals surface area (Å²) in [7, 11) is 1.45. The quantitative estimate of drug-likeness (QED) is 0.773. The first-order chi connectivity index (χ1) is 9.74. The van der Waals surface area contributed by atoms with Crippen LogP contribution in [-0.2, 0) is 22.6 Å². The Morgan fingerprint density at radius 1 is 1.35 bits per heavy atom. The van der Waals surface area contributed by atoms with Crippen molar-refractivity contribution in [2.24, 2.45) is 0 Å². The Morgan fingerprint density at radius 2 is 2.00 bits per heavy atom. The van der Waals surface area contributed by atoms with Crippen molar-refractivity contribution in [3.05, 3.63) is 35.4 Å². The van der Waals surface area contributed by atoms with Crippen LogP contribution in [0.15, 0.2) is 24.3 Å². The second-order valence-electron chi connectivity index (χ2n) is 5.30. The zero-order chi connectivity index (χ0) is 14.4. The van der Waals surface area contributed by atoms with E-state index in [1.54, 1.807) is 0 Å². The minimum atomic E-state index is -0.191. The number of hydrogen-bond acceptors (Lipinski definition) is 4. The van der Waals surface area contributed by atoms with Crippen molar-refractivity contribution >= 4 is 5.97 Å². The van der Waals surface area contributed by atoms with E-state index in [0.29, 0.717) is 0 Å². The normalized spacial score (nSPS) is 15.9. The molecular weight excluding hydrogens is 252 g/mol. The van der Waals surface area contributed by atoms with Crippen LogP contribution in [0.2, 0.25) is 0 Å². The third kappa shape index (κ3) is 3.81. The summed E-state index contributed by atoms with van der Waals surface area (Å²) in [6, 6.07) is 8.35. The fourth-order valence-corrected chi connectivity index (χ4v) is 2.64. The lowest BCUT2D eigenvalue weighted by atomic mass is 10.1. The van der Waals surface area contributed by atoms with Crippen LogP contribution in [0.5, 0.6) is 0 Å². The van der Waals surface area contributed by atoms with Crippen molar-refractivity contribution in [3.63, 3.8) is 0 Å². The summed E-state index contributed by atoms with van der Waals surface area (Å²) in [6.07, 6.45) is 1.81. The van der Waals surface area contributed by atoms with Gasteiger partial charge in [-0.05, 0) is 30.5 Å². The van der Waals surface area contributed by atoms with Gasteiger partial charge in [-0.3, -0.25) is 9.69 Å². The molecule has 1 unspecified atom stereocenters. The van der Waals surface area contributed by atoms with E-state index in [0.717, 1.165) is 39.0 Å². The van der Waals surface area contributed by atoms with E-state index in [9.17, 15) is 4.79 Å². The van der Waals surface area contributed by atoms with E-state index in [1.165, 1.54) is 18.2 Å². The SMILES string of the molecule is CCCNC(CCN1Cc2ccccc2C1)C(=O)OC. The molecule has 0 aromatic heterocycles. The van der Waals surface area contributed by atoms with Gasteiger partial charge in [0.2, 0.25) is 0 Å². The topological polar surface area (TPSA) is 41.6 Å². The molecule has 4 heteroatoms. The Balaban J connectivity index is 1.83. The number of esters is 1. The Labute approximate surface area is 121 Å². The van der Waals surface area contributed by atoms with E-state index >= 15 is 0 Å². The van der Waals surface area contributed by atoms with Gasteiger partial charge in [-0.1, -0.05) is 31.2 Å². The number of hydrogen-bond donors (Lipinski definition) is 1. The smallest absolute Gasteiger partial charge is 0.322 e. The fraction of sp³-hybridized carbons (Fsp3) is 0.562. The third-order valence-electron chi connectivity index (χ3n) is 3.77. The standard InChI is InChI=1S/C16H24N2O2/c1-3-9-17-15(16(19)20-2)8-10-18-11-13-6-4-5-7-14(13)12-18/h4-7,15,17H,3,8-12H2,1-2H3. The number of fused-ring (bicyclic) bond motifs is 1. The Bertz CT molecular complexity index is 423. The van der Waals surface area contributed by atoms with E-state index in [-0.39, 0.29) is 12.0 Å². The van der Waals surface area contributed by atoms with E-state index < -0.39 is 0 Å². The molecule has 0 saturated carbocycles. The molecule has 0 aliphatic carbocycles. The summed E-state index contributed by atoms with van der Waals surface area (Å²) in [5.74, 6) is -0.157. The van der Waals surface area contributed by atoms with Crippen molar-refractivity contribution in [1.29, 1.82) is 0 Å². The lowest BCUT2D eigenvalue weighted by Crippen LogP contribution is -2.40. The zero-order valence-electron chi connectivity index (χ0n) is 12.4. The summed E-state index contributed by atoms with van der Waals surface area (Å²) >= 11 is 0. The summed E-state index contributed by atoms with van der Waals surface area (Å²) in [6.45, 7) is 5.82. The van der Waals surface area contributed by atoms with Crippen LogP contribution in [0.25, 0.3) is 0 Å². The molecule has 1 aromatic carbocycles. The number of ether oxygens (including phenoxy) is 1. The van der Waals surface area contributed by atoms with Crippen LogP contribution >= 0.6 is 0 Å². The maximum Gasteiger partial charge on any atom is 0.322 e. The van der Waals surface area contributed by atoms with Gasteiger partial charge in [0.1, 0.15) is 6.04 Å². The number of rotatable bonds is 7. The van der Waals surface area contributed by atoms with Gasteiger partial charge in [0.05, 0.1) is 7.11 Å². The largest absolute Gasteiger partial charge is 0.468 e. The molecule has 110 valence electrons. The van der Waals surface area contributed by atoms with Crippen LogP contribution in [0.3, 0.4) is 0 Å². The first-order valence-corrected chi connectivity index (χ1v) is 7.35. The highest BCUT2D eigenvalue weighted by Crippen LogP contribution is 2.22. The van der Waals surface area contributed by atoms with Gasteiger partial charge in [0.15, 0.2) is 0 Å². The van der Waals surface area contributed by atoms with Gasteiger partial charge >= 0.3 is 5.97 Å². The third-order valence-corrected chi connectivity index (χ3v) is 3.77. The molecule has 0 radical (unpaired) electrons. The van der Waals surface area contributed by atoms with Crippen LogP contribution in [-0.4, -0.2) is 37.1 Å². The van der Waals surface area contributed by atoms with Crippen LogP contribution in [0.4, 0.5) is 0 Å². The van der Waals surface area contributed by atoms with Gasteiger partial charge in [-0.15, -0.1) is 0 Å². The predicted molar refractivity (Wildman–Crippen MR) is 79.3 cm³/mol. The van der Waals surface area contributed by atoms with Crippen LogP contribution in [0.1, 0.15) is 30.9 Å². The summed E-state index contributed by atoms with van der Waals surface area (Å²) in [4.78, 5) is 14.1. The summed E-state index contributed by atoms with van der Waals surface area (Å²) in [5.41, 5.74) is 2.81. The second-order valence-corrected chi connectivity index (χ2v) is 5.30. The molecular formula is C16H24N2O2. The molecule has 1 aliphatic rings. The molecule has 0 spiro atoms. The molecule has 1 aliphatic heterocycles. The van der Waals surface area contributed by atoms with Gasteiger partial charge in [-0.2, -0.15) is 0 Å². The second kappa shape index (κ2) is 7.41. The van der Waals surface area contributed by atoms with Gasteiger partial charge in [-0.25, -0.2) is 0 Å². The van der Waals surface area contributed by atoms with Crippen LogP contribution in [0, 0.1) is 0 Å². The highest BCUT2D eigenvalue weighted by atomic mass is 16.5. The zero-order valence-corrected chi connectivity index (χ0v) is 12.4. The maximum atomic E-state index is 11.7. The minimum Gasteiger partial charge on any atom is -0.468 e. The molecule has 0 amide bonds. The highest BCUT2D eigenvalue weighted by molar-refractivity contribution is 5.75. The van der Waals surface area contributed by atoms with E-state index in [2.05, 4.69) is 41.4 Å². The molecule has 20 heavy (non-hydrogen) atoms. The number of carbonyl (C=O) groups is 1. The Hall–Kier alpha value is -1.39. The molecule has 0 fully saturated rings. The van der Waals surface area contributed by atoms with E-state index in [4.69, 9.17) is 4.74 Å². The highest BCUT2D eigenvalue weighted by Gasteiger charge is 2.22. The van der Waals surface area contributed by atoms with Crippen molar-refractivity contribution < 1.29 is 9.53 Å². The lowest BCUT2D eigenvalue weighted by molar-refractivity contribution is -0.143. The summed E-state index contributed by atoms with van der Waals surface area (Å²) < 4.78 is 4.87. The first kappa shape index (κ1) is 15.0. The lowest BCUT2D eigenvalue weighted by Gasteiger charge is -2.20. The van der Waals surface area contributed by atoms with Gasteiger partial charge < -0.3 is 10.1 Å². The average molecular weight is 276 g/mol. The number of benzene rings is 1. The Morgan fingerprint density at radius 3 is 2.55 bits per heavy atom. The molecule has 4 nitrogen and oxygen atoms in total. The van der Waals surface area contributed by atoms with Crippen molar-refractivity contribution in [1.82, 2.24) is 10.2 Å². The van der Waals surface area contributed by atoms with Crippen molar-refractivity contribution in [3.8, 4) is 0 Å². The van der Waals surface area contributed by atoms with E-state index in [1.807, 2.05) is 0 Å². The monoisotopic (exact) mass is 276 g/mol. The molecule has 1 atom stereocenters. The number of carbonyl (C=O) groups excluding carboxylic acids is 1. The predicted octanol–water partition coefficient (Wildman–Crippen LogP) is 1.93. The Kier molecular flexibility index (Phi) is 5.56. The van der Waals surface area contributed by atoms with Crippen molar-refractivity contribution in [2.45, 2.75) is 38.9 Å². The molecule has 0 saturated heterocycles. The number of methoxy groups -OCH3 is 1. The molecule has 0 bridgehead atoms. The maximum absolute atomic E-state index is 11.7. The molecule has 2 rings (SSSR count). The minimum absolute atomic E-state index is 0.157. The fourth-order valence-electron chi connectivity index (χ4n) is 2.64. The number of nitrogens with one attached hydrogen (secondary N) is 1. The molecule has 1 heterocycles. The summed E-state index contributed by atoms with van der Waals surface area (Å²) in [5, 5.41) is 3.26. The first-order valence-electron chi connectivity index (χ1n) is 7.35. The van der Waals surface area contributed by atoms with Crippen LogP contribution < -0.4 is 5.32 Å². The van der Waals surface area contributed by atoms with Gasteiger partial charge in [0, 0.05) is 19.6 Å². The number of nitrogens with zero attached hydrogens (tertiary/aromatic N) is 1. The molecule has 1 N–H and O–H groups in total. The average Bonchev–Trinajstić information content (AvgIpc) is 2.89. The van der Waals surface area contributed by atoms with Gasteiger partial charge in [0.25, 0.3) is 0 Å². The molecule has 1 aromatic rings.